The highest BCUT2D eigenvalue weighted by atomic mass is 16.4. The molecule has 0 amide bonds. The van der Waals surface area contributed by atoms with E-state index in [-0.39, 0.29) is 10.8 Å². The third kappa shape index (κ3) is 2.81. The Labute approximate surface area is 168 Å². The fourth-order valence-corrected chi connectivity index (χ4v) is 7.53. The molecule has 4 rings (SSSR count). The highest BCUT2D eigenvalue weighted by Crippen LogP contribution is 2.65. The van der Waals surface area contributed by atoms with Crippen LogP contribution >= 0.6 is 0 Å². The second-order valence-corrected chi connectivity index (χ2v) is 11.4. The third-order valence-corrected chi connectivity index (χ3v) is 9.31. The standard InChI is InChI=1S/C24H36O4/c1-21(2,20(26)27)14-24(28)12-11-22(3)15(13-24)5-6-16-17-7-8-19(25)23(17,4)10-9-18(16)22/h5,16-18,28H,6-14H2,1-4H3,(H,26,27)/t16-,17-,18-,22-,23-,24+/m0/s1. The van der Waals surface area contributed by atoms with Gasteiger partial charge in [-0.2, -0.15) is 0 Å². The van der Waals surface area contributed by atoms with Gasteiger partial charge in [0.1, 0.15) is 5.78 Å². The molecule has 4 nitrogen and oxygen atoms in total. The van der Waals surface area contributed by atoms with E-state index in [1.807, 2.05) is 0 Å². The van der Waals surface area contributed by atoms with Crippen LogP contribution in [0.2, 0.25) is 0 Å². The molecule has 0 bridgehead atoms. The van der Waals surface area contributed by atoms with Crippen molar-refractivity contribution >= 4 is 11.8 Å². The zero-order valence-electron chi connectivity index (χ0n) is 17.9. The van der Waals surface area contributed by atoms with Crippen LogP contribution < -0.4 is 0 Å². The first-order chi connectivity index (χ1) is 12.9. The number of aliphatic hydroxyl groups is 1. The number of allylic oxidation sites excluding steroid dienone is 1. The number of carboxylic acids is 1. The maximum atomic E-state index is 12.5. The van der Waals surface area contributed by atoms with Gasteiger partial charge in [-0.25, -0.2) is 0 Å². The Hall–Kier alpha value is -1.16. The van der Waals surface area contributed by atoms with Crippen LogP contribution in [0.5, 0.6) is 0 Å². The molecule has 2 N–H and O–H groups in total. The maximum absolute atomic E-state index is 12.5. The molecule has 4 heteroatoms. The van der Waals surface area contributed by atoms with Crippen molar-refractivity contribution in [2.24, 2.45) is 34.0 Å². The number of aliphatic carboxylic acids is 1. The number of hydrogen-bond donors (Lipinski definition) is 2. The predicted octanol–water partition coefficient (Wildman–Crippen LogP) is 4.75. The van der Waals surface area contributed by atoms with Gasteiger partial charge < -0.3 is 10.2 Å². The Kier molecular flexibility index (Phi) is 4.43. The van der Waals surface area contributed by atoms with Crippen LogP contribution in [0.1, 0.15) is 85.5 Å². The van der Waals surface area contributed by atoms with Crippen LogP contribution in [0, 0.1) is 34.0 Å². The minimum absolute atomic E-state index is 0.0927. The Morgan fingerprint density at radius 3 is 2.50 bits per heavy atom. The van der Waals surface area contributed by atoms with Crippen LogP contribution in [-0.4, -0.2) is 27.6 Å². The summed E-state index contributed by atoms with van der Waals surface area (Å²) in [6.07, 6.45) is 9.78. The van der Waals surface area contributed by atoms with E-state index in [1.165, 1.54) is 5.57 Å². The minimum Gasteiger partial charge on any atom is -0.481 e. The average Bonchev–Trinajstić information content (AvgIpc) is 2.90. The summed E-state index contributed by atoms with van der Waals surface area (Å²) in [7, 11) is 0. The Bertz CT molecular complexity index is 737. The summed E-state index contributed by atoms with van der Waals surface area (Å²) in [6, 6.07) is 0. The van der Waals surface area contributed by atoms with Gasteiger partial charge in [0.25, 0.3) is 0 Å². The lowest BCUT2D eigenvalue weighted by molar-refractivity contribution is -0.152. The molecule has 4 aliphatic rings. The summed E-state index contributed by atoms with van der Waals surface area (Å²) < 4.78 is 0. The quantitative estimate of drug-likeness (QED) is 0.684. The smallest absolute Gasteiger partial charge is 0.309 e. The number of ketones is 1. The van der Waals surface area contributed by atoms with Gasteiger partial charge in [-0.1, -0.05) is 25.5 Å². The second-order valence-electron chi connectivity index (χ2n) is 11.4. The molecule has 156 valence electrons. The van der Waals surface area contributed by atoms with Gasteiger partial charge in [-0.3, -0.25) is 9.59 Å². The Balaban J connectivity index is 1.59. The van der Waals surface area contributed by atoms with Crippen molar-refractivity contribution in [2.75, 3.05) is 0 Å². The zero-order chi connectivity index (χ0) is 20.5. The van der Waals surface area contributed by atoms with Crippen LogP contribution in [0.3, 0.4) is 0 Å². The summed E-state index contributed by atoms with van der Waals surface area (Å²) in [5, 5.41) is 20.8. The molecule has 0 spiro atoms. The highest BCUT2D eigenvalue weighted by Gasteiger charge is 2.59. The molecule has 0 saturated heterocycles. The molecular formula is C24H36O4. The molecule has 0 aromatic rings. The number of carbonyl (C=O) groups excluding carboxylic acids is 1. The first-order valence-corrected chi connectivity index (χ1v) is 11.1. The minimum atomic E-state index is -0.924. The Morgan fingerprint density at radius 2 is 1.82 bits per heavy atom. The predicted molar refractivity (Wildman–Crippen MR) is 108 cm³/mol. The van der Waals surface area contributed by atoms with Crippen molar-refractivity contribution < 1.29 is 19.8 Å². The number of Topliss-reactive ketones (excluding diaryl/α,β-unsaturated/α-hetero) is 1. The van der Waals surface area contributed by atoms with Crippen molar-refractivity contribution in [1.29, 1.82) is 0 Å². The fraction of sp³-hybridized carbons (Fsp3) is 0.833. The van der Waals surface area contributed by atoms with Crippen LogP contribution in [-0.2, 0) is 9.59 Å². The average molecular weight is 389 g/mol. The third-order valence-electron chi connectivity index (χ3n) is 9.31. The molecule has 0 heterocycles. The van der Waals surface area contributed by atoms with E-state index in [0.717, 1.165) is 38.5 Å². The molecular weight excluding hydrogens is 352 g/mol. The van der Waals surface area contributed by atoms with Gasteiger partial charge in [0.2, 0.25) is 0 Å². The molecule has 0 aliphatic heterocycles. The lowest BCUT2D eigenvalue weighted by Gasteiger charge is -2.58. The SMILES string of the molecule is CC(C)(C[C@@]1(O)CC[C@@]2(C)C(=CC[C@@H]3[C@@H]2CC[C@]2(C)C(=O)CC[C@@H]32)C1)C(=O)O. The normalized spacial score (nSPS) is 45.7. The lowest BCUT2D eigenvalue weighted by atomic mass is 9.47. The zero-order valence-corrected chi connectivity index (χ0v) is 17.9. The largest absolute Gasteiger partial charge is 0.481 e. The van der Waals surface area contributed by atoms with Crippen molar-refractivity contribution in [2.45, 2.75) is 91.1 Å². The molecule has 0 radical (unpaired) electrons. The van der Waals surface area contributed by atoms with E-state index in [0.29, 0.717) is 42.8 Å². The molecule has 3 fully saturated rings. The summed E-state index contributed by atoms with van der Waals surface area (Å²) >= 11 is 0. The molecule has 28 heavy (non-hydrogen) atoms. The van der Waals surface area contributed by atoms with Gasteiger partial charge in [0.15, 0.2) is 0 Å². The van der Waals surface area contributed by atoms with Gasteiger partial charge in [0, 0.05) is 11.8 Å². The van der Waals surface area contributed by atoms with Crippen molar-refractivity contribution in [3.05, 3.63) is 11.6 Å². The number of carbonyl (C=O) groups is 2. The van der Waals surface area contributed by atoms with E-state index in [9.17, 15) is 19.8 Å². The monoisotopic (exact) mass is 388 g/mol. The summed E-state index contributed by atoms with van der Waals surface area (Å²) in [4.78, 5) is 24.1. The summed E-state index contributed by atoms with van der Waals surface area (Å²) in [5.74, 6) is 1.32. The van der Waals surface area contributed by atoms with E-state index >= 15 is 0 Å². The number of carboxylic acid groups (broad SMARTS) is 1. The van der Waals surface area contributed by atoms with Crippen LogP contribution in [0.4, 0.5) is 0 Å². The van der Waals surface area contributed by atoms with Gasteiger partial charge in [-0.15, -0.1) is 0 Å². The first kappa shape index (κ1) is 20.1. The number of rotatable bonds is 3. The Morgan fingerprint density at radius 1 is 1.14 bits per heavy atom. The second kappa shape index (κ2) is 6.17. The van der Waals surface area contributed by atoms with E-state index in [1.54, 1.807) is 13.8 Å². The van der Waals surface area contributed by atoms with Gasteiger partial charge in [-0.05, 0) is 88.4 Å². The van der Waals surface area contributed by atoms with E-state index in [2.05, 4.69) is 19.9 Å². The molecule has 0 aromatic heterocycles. The topological polar surface area (TPSA) is 74.6 Å². The van der Waals surface area contributed by atoms with Crippen molar-refractivity contribution in [3.8, 4) is 0 Å². The van der Waals surface area contributed by atoms with Gasteiger partial charge >= 0.3 is 5.97 Å². The van der Waals surface area contributed by atoms with Crippen molar-refractivity contribution in [1.82, 2.24) is 0 Å². The highest BCUT2D eigenvalue weighted by molar-refractivity contribution is 5.87. The van der Waals surface area contributed by atoms with Crippen molar-refractivity contribution in [3.63, 3.8) is 0 Å². The molecule has 0 unspecified atom stereocenters. The summed E-state index contributed by atoms with van der Waals surface area (Å²) in [6.45, 7) is 8.01. The molecule has 3 saturated carbocycles. The van der Waals surface area contributed by atoms with E-state index < -0.39 is 17.0 Å². The number of hydrogen-bond acceptors (Lipinski definition) is 3. The van der Waals surface area contributed by atoms with Gasteiger partial charge in [0.05, 0.1) is 11.0 Å². The fourth-order valence-electron chi connectivity index (χ4n) is 7.53. The first-order valence-electron chi connectivity index (χ1n) is 11.1. The molecule has 6 atom stereocenters. The maximum Gasteiger partial charge on any atom is 0.309 e. The molecule has 4 aliphatic carbocycles. The number of fused-ring (bicyclic) bond motifs is 5. The van der Waals surface area contributed by atoms with Crippen LogP contribution in [0.25, 0.3) is 0 Å². The summed E-state index contributed by atoms with van der Waals surface area (Å²) in [5.41, 5.74) is -0.514. The van der Waals surface area contributed by atoms with Crippen LogP contribution in [0.15, 0.2) is 11.6 Å². The van der Waals surface area contributed by atoms with E-state index in [4.69, 9.17) is 0 Å². The molecule has 0 aromatic carbocycles. The lowest BCUT2D eigenvalue weighted by Crippen LogP contribution is -2.53.